The Labute approximate surface area is 153 Å². The number of methoxy groups -OCH3 is 1. The lowest BCUT2D eigenvalue weighted by Gasteiger charge is -2.27. The summed E-state index contributed by atoms with van der Waals surface area (Å²) in [5.74, 6) is -1.17. The number of phenols is 1. The highest BCUT2D eigenvalue weighted by molar-refractivity contribution is 9.10. The molecule has 3 N–H and O–H groups in total. The van der Waals surface area contributed by atoms with Gasteiger partial charge in [-0.25, -0.2) is 4.79 Å². The van der Waals surface area contributed by atoms with Crippen molar-refractivity contribution in [2.24, 2.45) is 5.73 Å². The van der Waals surface area contributed by atoms with E-state index in [9.17, 15) is 15.2 Å². The number of nitrogens with zero attached hydrogens (tertiary/aromatic N) is 1. The standard InChI is InChI=1S/C17H17BrN2O5/c1-4-24-17(22)12-8(2)25-16(20)10(7-19)13(12)9-5-6-11(21)15(23-3)14(9)18/h5-6,13,21H,4,20H2,1-3H3. The van der Waals surface area contributed by atoms with Crippen LogP contribution in [0, 0.1) is 11.3 Å². The molecule has 0 bridgehead atoms. The molecule has 25 heavy (non-hydrogen) atoms. The van der Waals surface area contributed by atoms with E-state index in [4.69, 9.17) is 19.9 Å². The van der Waals surface area contributed by atoms with Crippen LogP contribution in [0.1, 0.15) is 25.3 Å². The fraction of sp³-hybridized carbons (Fsp3) is 0.294. The van der Waals surface area contributed by atoms with Gasteiger partial charge in [-0.1, -0.05) is 6.07 Å². The van der Waals surface area contributed by atoms with Gasteiger partial charge in [0.05, 0.1) is 29.7 Å². The molecule has 1 aliphatic heterocycles. The second-order valence-corrected chi connectivity index (χ2v) is 5.93. The fourth-order valence-corrected chi connectivity index (χ4v) is 3.37. The normalized spacial score (nSPS) is 17.0. The summed E-state index contributed by atoms with van der Waals surface area (Å²) >= 11 is 3.37. The predicted octanol–water partition coefficient (Wildman–Crippen LogP) is 2.81. The Morgan fingerprint density at radius 2 is 2.20 bits per heavy atom. The predicted molar refractivity (Wildman–Crippen MR) is 92.3 cm³/mol. The third-order valence-corrected chi connectivity index (χ3v) is 4.54. The van der Waals surface area contributed by atoms with Crippen molar-refractivity contribution in [1.29, 1.82) is 5.26 Å². The van der Waals surface area contributed by atoms with Crippen molar-refractivity contribution < 1.29 is 24.1 Å². The van der Waals surface area contributed by atoms with Gasteiger partial charge in [-0.2, -0.15) is 5.26 Å². The van der Waals surface area contributed by atoms with Crippen molar-refractivity contribution in [3.05, 3.63) is 45.0 Å². The maximum absolute atomic E-state index is 12.5. The van der Waals surface area contributed by atoms with E-state index in [1.54, 1.807) is 19.9 Å². The van der Waals surface area contributed by atoms with Crippen molar-refractivity contribution in [2.45, 2.75) is 19.8 Å². The Morgan fingerprint density at radius 3 is 2.76 bits per heavy atom. The first-order valence-corrected chi connectivity index (χ1v) is 8.17. The topological polar surface area (TPSA) is 115 Å². The van der Waals surface area contributed by atoms with E-state index < -0.39 is 11.9 Å². The summed E-state index contributed by atoms with van der Waals surface area (Å²) in [6.07, 6.45) is 0. The Balaban J connectivity index is 2.74. The average molecular weight is 409 g/mol. The van der Waals surface area contributed by atoms with Gasteiger partial charge in [0.1, 0.15) is 17.4 Å². The number of hydrogen-bond acceptors (Lipinski definition) is 7. The number of aromatic hydroxyl groups is 1. The number of carbonyl (C=O) groups is 1. The number of benzene rings is 1. The Kier molecular flexibility index (Phi) is 5.59. The number of phenolic OH excluding ortho intramolecular Hbond substituents is 1. The molecular formula is C17H17BrN2O5. The van der Waals surface area contributed by atoms with E-state index in [0.717, 1.165) is 0 Å². The molecule has 1 unspecified atom stereocenters. The SMILES string of the molecule is CCOC(=O)C1=C(C)OC(N)=C(C#N)C1c1ccc(O)c(OC)c1Br. The highest BCUT2D eigenvalue weighted by Gasteiger charge is 2.38. The zero-order valence-electron chi connectivity index (χ0n) is 13.9. The van der Waals surface area contributed by atoms with Crippen molar-refractivity contribution in [3.63, 3.8) is 0 Å². The van der Waals surface area contributed by atoms with Gasteiger partial charge in [0, 0.05) is 0 Å². The molecule has 1 heterocycles. The van der Waals surface area contributed by atoms with Crippen LogP contribution in [0.5, 0.6) is 11.5 Å². The minimum Gasteiger partial charge on any atom is -0.504 e. The molecule has 0 radical (unpaired) electrons. The van der Waals surface area contributed by atoms with Crippen molar-refractivity contribution in [1.82, 2.24) is 0 Å². The van der Waals surface area contributed by atoms with Crippen LogP contribution in [0.25, 0.3) is 0 Å². The zero-order valence-corrected chi connectivity index (χ0v) is 15.5. The number of hydrogen-bond donors (Lipinski definition) is 2. The zero-order chi connectivity index (χ0) is 18.7. The number of rotatable bonds is 4. The molecule has 1 aromatic carbocycles. The number of nitriles is 1. The lowest BCUT2D eigenvalue weighted by molar-refractivity contribution is -0.139. The summed E-state index contributed by atoms with van der Waals surface area (Å²) in [6.45, 7) is 3.43. The molecule has 132 valence electrons. The molecule has 0 fully saturated rings. The van der Waals surface area contributed by atoms with Gasteiger partial charge >= 0.3 is 5.97 Å². The number of nitrogens with two attached hydrogens (primary N) is 1. The molecule has 2 rings (SSSR count). The molecule has 0 spiro atoms. The van der Waals surface area contributed by atoms with Gasteiger partial charge in [0.15, 0.2) is 11.5 Å². The lowest BCUT2D eigenvalue weighted by Crippen LogP contribution is -2.25. The summed E-state index contributed by atoms with van der Waals surface area (Å²) in [4.78, 5) is 12.5. The minimum absolute atomic E-state index is 0.0714. The fourth-order valence-electron chi connectivity index (χ4n) is 2.64. The largest absolute Gasteiger partial charge is 0.504 e. The lowest BCUT2D eigenvalue weighted by atomic mass is 9.83. The van der Waals surface area contributed by atoms with Crippen LogP contribution in [-0.2, 0) is 14.3 Å². The number of ether oxygens (including phenoxy) is 3. The van der Waals surface area contributed by atoms with E-state index in [1.165, 1.54) is 13.2 Å². The van der Waals surface area contributed by atoms with Crippen LogP contribution in [0.4, 0.5) is 0 Å². The molecule has 8 heteroatoms. The number of esters is 1. The Morgan fingerprint density at radius 1 is 1.52 bits per heavy atom. The smallest absolute Gasteiger partial charge is 0.338 e. The Bertz CT molecular complexity index is 823. The van der Waals surface area contributed by atoms with E-state index in [1.807, 2.05) is 6.07 Å². The summed E-state index contributed by atoms with van der Waals surface area (Å²) in [5.41, 5.74) is 6.60. The Hall–Kier alpha value is -2.66. The third kappa shape index (κ3) is 3.28. The van der Waals surface area contributed by atoms with Gasteiger partial charge < -0.3 is 25.1 Å². The molecular weight excluding hydrogens is 392 g/mol. The molecule has 0 aliphatic carbocycles. The van der Waals surface area contributed by atoms with E-state index in [2.05, 4.69) is 15.9 Å². The number of halogens is 1. The highest BCUT2D eigenvalue weighted by Crippen LogP contribution is 2.46. The second-order valence-electron chi connectivity index (χ2n) is 5.14. The maximum Gasteiger partial charge on any atom is 0.338 e. The number of carbonyl (C=O) groups excluding carboxylic acids is 1. The van der Waals surface area contributed by atoms with Gasteiger partial charge in [0.25, 0.3) is 0 Å². The molecule has 1 atom stereocenters. The van der Waals surface area contributed by atoms with Crippen molar-refractivity contribution in [2.75, 3.05) is 13.7 Å². The summed E-state index contributed by atoms with van der Waals surface area (Å²) < 4.78 is 16.0. The monoisotopic (exact) mass is 408 g/mol. The van der Waals surface area contributed by atoms with Crippen LogP contribution in [0.2, 0.25) is 0 Å². The summed E-state index contributed by atoms with van der Waals surface area (Å²) in [7, 11) is 1.40. The maximum atomic E-state index is 12.5. The first-order valence-electron chi connectivity index (χ1n) is 7.38. The van der Waals surface area contributed by atoms with Crippen LogP contribution in [0.3, 0.4) is 0 Å². The average Bonchev–Trinajstić information content (AvgIpc) is 2.55. The molecule has 1 aliphatic rings. The van der Waals surface area contributed by atoms with Crippen LogP contribution >= 0.6 is 15.9 Å². The van der Waals surface area contributed by atoms with Crippen molar-refractivity contribution in [3.8, 4) is 17.6 Å². The molecule has 7 nitrogen and oxygen atoms in total. The van der Waals surface area contributed by atoms with Crippen molar-refractivity contribution >= 4 is 21.9 Å². The third-order valence-electron chi connectivity index (χ3n) is 3.72. The van der Waals surface area contributed by atoms with E-state index in [0.29, 0.717) is 10.0 Å². The van der Waals surface area contributed by atoms with Gasteiger partial charge in [-0.3, -0.25) is 0 Å². The van der Waals surface area contributed by atoms with Crippen LogP contribution in [0.15, 0.2) is 39.4 Å². The first-order chi connectivity index (χ1) is 11.9. The van der Waals surface area contributed by atoms with Gasteiger partial charge in [-0.15, -0.1) is 0 Å². The quantitative estimate of drug-likeness (QED) is 0.735. The number of allylic oxidation sites excluding steroid dienone is 2. The van der Waals surface area contributed by atoms with Gasteiger partial charge in [-0.05, 0) is 41.4 Å². The molecule has 0 saturated carbocycles. The summed E-state index contributed by atoms with van der Waals surface area (Å²) in [6, 6.07) is 4.99. The van der Waals surface area contributed by atoms with E-state index >= 15 is 0 Å². The molecule has 0 amide bonds. The van der Waals surface area contributed by atoms with Crippen LogP contribution in [-0.4, -0.2) is 24.8 Å². The highest BCUT2D eigenvalue weighted by atomic mass is 79.9. The molecule has 0 saturated heterocycles. The molecule has 1 aromatic rings. The minimum atomic E-state index is -0.818. The molecule has 0 aromatic heterocycles. The van der Waals surface area contributed by atoms with Crippen LogP contribution < -0.4 is 10.5 Å². The second kappa shape index (κ2) is 7.49. The van der Waals surface area contributed by atoms with Gasteiger partial charge in [0.2, 0.25) is 5.88 Å². The van der Waals surface area contributed by atoms with E-state index in [-0.39, 0.29) is 40.9 Å². The summed E-state index contributed by atoms with van der Waals surface area (Å²) in [5, 5.41) is 19.5. The first kappa shape index (κ1) is 18.7.